The second-order valence-electron chi connectivity index (χ2n) is 6.55. The number of piperazine rings is 1. The van der Waals surface area contributed by atoms with Gasteiger partial charge in [-0.05, 0) is 32.9 Å². The fraction of sp³-hybridized carbons (Fsp3) is 0.562. The van der Waals surface area contributed by atoms with Crippen molar-refractivity contribution in [3.05, 3.63) is 28.2 Å². The fourth-order valence-corrected chi connectivity index (χ4v) is 2.89. The molecule has 0 atom stereocenters. The van der Waals surface area contributed by atoms with Gasteiger partial charge in [0, 0.05) is 48.4 Å². The van der Waals surface area contributed by atoms with Gasteiger partial charge in [-0.2, -0.15) is 0 Å². The van der Waals surface area contributed by atoms with E-state index in [9.17, 15) is 4.79 Å². The van der Waals surface area contributed by atoms with Crippen molar-refractivity contribution in [2.75, 3.05) is 31.9 Å². The predicted molar refractivity (Wildman–Crippen MR) is 91.6 cm³/mol. The van der Waals surface area contributed by atoms with E-state index in [2.05, 4.69) is 20.8 Å². The van der Waals surface area contributed by atoms with Gasteiger partial charge in [0.05, 0.1) is 0 Å². The molecule has 1 aromatic carbocycles. The lowest BCUT2D eigenvalue weighted by atomic mass is 10.1. The summed E-state index contributed by atoms with van der Waals surface area (Å²) in [6, 6.07) is 5.85. The fourth-order valence-electron chi connectivity index (χ4n) is 2.38. The first-order chi connectivity index (χ1) is 10.3. The molecule has 22 heavy (non-hydrogen) atoms. The lowest BCUT2D eigenvalue weighted by Crippen LogP contribution is -2.49. The number of rotatable bonds is 2. The van der Waals surface area contributed by atoms with Crippen LogP contribution >= 0.6 is 15.9 Å². The molecule has 0 spiro atoms. The Bertz CT molecular complexity index is 514. The predicted octanol–water partition coefficient (Wildman–Crippen LogP) is 3.08. The number of amides is 1. The molecule has 1 heterocycles. The van der Waals surface area contributed by atoms with Crippen molar-refractivity contribution in [3.63, 3.8) is 0 Å². The van der Waals surface area contributed by atoms with E-state index in [0.29, 0.717) is 13.1 Å². The van der Waals surface area contributed by atoms with Crippen LogP contribution in [0.2, 0.25) is 0 Å². The van der Waals surface area contributed by atoms with E-state index in [1.54, 1.807) is 4.90 Å². The van der Waals surface area contributed by atoms with Crippen LogP contribution in [0, 0.1) is 0 Å². The van der Waals surface area contributed by atoms with Crippen LogP contribution in [0.4, 0.5) is 10.5 Å². The van der Waals surface area contributed by atoms with Gasteiger partial charge in [-0.3, -0.25) is 4.90 Å². The highest BCUT2D eigenvalue weighted by molar-refractivity contribution is 9.10. The first-order valence-electron chi connectivity index (χ1n) is 7.49. The molecule has 0 saturated carbocycles. The number of nitrogen functional groups attached to an aromatic ring is 1. The van der Waals surface area contributed by atoms with Crippen molar-refractivity contribution >= 4 is 27.7 Å². The smallest absolute Gasteiger partial charge is 0.410 e. The van der Waals surface area contributed by atoms with Crippen molar-refractivity contribution in [2.24, 2.45) is 0 Å². The molecule has 2 rings (SSSR count). The summed E-state index contributed by atoms with van der Waals surface area (Å²) < 4.78 is 6.44. The number of ether oxygens (including phenoxy) is 1. The van der Waals surface area contributed by atoms with E-state index >= 15 is 0 Å². The quantitative estimate of drug-likeness (QED) is 0.813. The van der Waals surface area contributed by atoms with Crippen molar-refractivity contribution < 1.29 is 9.53 Å². The van der Waals surface area contributed by atoms with Crippen LogP contribution in [-0.2, 0) is 11.3 Å². The SMILES string of the molecule is CC(C)(C)OC(=O)N1CCN(Cc2c(N)cccc2Br)CC1. The molecule has 1 aromatic rings. The summed E-state index contributed by atoms with van der Waals surface area (Å²) in [6.07, 6.45) is -0.229. The number of benzene rings is 1. The Balaban J connectivity index is 1.89. The van der Waals surface area contributed by atoms with Gasteiger partial charge in [0.15, 0.2) is 0 Å². The van der Waals surface area contributed by atoms with Crippen LogP contribution < -0.4 is 5.73 Å². The molecule has 1 aliphatic heterocycles. The monoisotopic (exact) mass is 369 g/mol. The van der Waals surface area contributed by atoms with Gasteiger partial charge in [-0.1, -0.05) is 22.0 Å². The number of carbonyl (C=O) groups excluding carboxylic acids is 1. The molecule has 6 heteroatoms. The van der Waals surface area contributed by atoms with Crippen LogP contribution in [-0.4, -0.2) is 47.7 Å². The summed E-state index contributed by atoms with van der Waals surface area (Å²) in [5.41, 5.74) is 7.50. The highest BCUT2D eigenvalue weighted by Crippen LogP contribution is 2.24. The average Bonchev–Trinajstić information content (AvgIpc) is 2.42. The number of hydrogen-bond acceptors (Lipinski definition) is 4. The zero-order chi connectivity index (χ0) is 16.3. The largest absolute Gasteiger partial charge is 0.444 e. The molecule has 0 aliphatic carbocycles. The lowest BCUT2D eigenvalue weighted by Gasteiger charge is -2.35. The van der Waals surface area contributed by atoms with Gasteiger partial charge < -0.3 is 15.4 Å². The molecule has 0 bridgehead atoms. The van der Waals surface area contributed by atoms with Crippen molar-refractivity contribution in [1.82, 2.24) is 9.80 Å². The molecule has 1 fully saturated rings. The minimum absolute atomic E-state index is 0.229. The summed E-state index contributed by atoms with van der Waals surface area (Å²) in [4.78, 5) is 16.1. The molecule has 1 amide bonds. The Morgan fingerprint density at radius 3 is 2.45 bits per heavy atom. The van der Waals surface area contributed by atoms with E-state index in [1.807, 2.05) is 39.0 Å². The number of halogens is 1. The number of carbonyl (C=O) groups is 1. The third-order valence-corrected chi connectivity index (χ3v) is 4.30. The van der Waals surface area contributed by atoms with E-state index in [4.69, 9.17) is 10.5 Å². The lowest BCUT2D eigenvalue weighted by molar-refractivity contribution is 0.0139. The Kier molecular flexibility index (Phi) is 5.34. The molecule has 1 saturated heterocycles. The number of hydrogen-bond donors (Lipinski definition) is 1. The third kappa shape index (κ3) is 4.61. The average molecular weight is 370 g/mol. The van der Waals surface area contributed by atoms with E-state index in [1.165, 1.54) is 0 Å². The molecular weight excluding hydrogens is 346 g/mol. The van der Waals surface area contributed by atoms with Gasteiger partial charge in [-0.25, -0.2) is 4.79 Å². The second kappa shape index (κ2) is 6.87. The Morgan fingerprint density at radius 1 is 1.27 bits per heavy atom. The summed E-state index contributed by atoms with van der Waals surface area (Å²) in [7, 11) is 0. The van der Waals surface area contributed by atoms with Crippen molar-refractivity contribution in [2.45, 2.75) is 32.9 Å². The van der Waals surface area contributed by atoms with E-state index < -0.39 is 5.60 Å². The molecular formula is C16H24BrN3O2. The third-order valence-electron chi connectivity index (χ3n) is 3.56. The topological polar surface area (TPSA) is 58.8 Å². The molecule has 5 nitrogen and oxygen atoms in total. The maximum Gasteiger partial charge on any atom is 0.410 e. The Morgan fingerprint density at radius 2 is 1.91 bits per heavy atom. The first-order valence-corrected chi connectivity index (χ1v) is 8.29. The van der Waals surface area contributed by atoms with E-state index in [0.717, 1.165) is 35.4 Å². The minimum atomic E-state index is -0.447. The van der Waals surface area contributed by atoms with Gasteiger partial charge in [0.1, 0.15) is 5.60 Å². The summed E-state index contributed by atoms with van der Waals surface area (Å²) >= 11 is 3.55. The standard InChI is InChI=1S/C16H24BrN3O2/c1-16(2,3)22-15(21)20-9-7-19(8-10-20)11-12-13(17)5-4-6-14(12)18/h4-6H,7-11,18H2,1-3H3. The highest BCUT2D eigenvalue weighted by Gasteiger charge is 2.26. The molecule has 122 valence electrons. The van der Waals surface area contributed by atoms with Crippen LogP contribution in [0.3, 0.4) is 0 Å². The zero-order valence-corrected chi connectivity index (χ0v) is 15.0. The van der Waals surface area contributed by atoms with Crippen molar-refractivity contribution in [3.8, 4) is 0 Å². The normalized spacial score (nSPS) is 16.6. The van der Waals surface area contributed by atoms with Crippen LogP contribution in [0.1, 0.15) is 26.3 Å². The second-order valence-corrected chi connectivity index (χ2v) is 7.41. The zero-order valence-electron chi connectivity index (χ0n) is 13.4. The molecule has 1 aliphatic rings. The summed E-state index contributed by atoms with van der Waals surface area (Å²) in [5.74, 6) is 0. The van der Waals surface area contributed by atoms with Gasteiger partial charge in [0.25, 0.3) is 0 Å². The highest BCUT2D eigenvalue weighted by atomic mass is 79.9. The Labute approximate surface area is 140 Å². The minimum Gasteiger partial charge on any atom is -0.444 e. The molecule has 0 aromatic heterocycles. The number of nitrogens with two attached hydrogens (primary N) is 1. The van der Waals surface area contributed by atoms with E-state index in [-0.39, 0.29) is 6.09 Å². The number of nitrogens with zero attached hydrogens (tertiary/aromatic N) is 2. The number of anilines is 1. The molecule has 0 radical (unpaired) electrons. The van der Waals surface area contributed by atoms with Gasteiger partial charge >= 0.3 is 6.09 Å². The van der Waals surface area contributed by atoms with Gasteiger partial charge in [0.2, 0.25) is 0 Å². The van der Waals surface area contributed by atoms with Crippen LogP contribution in [0.5, 0.6) is 0 Å². The maximum atomic E-state index is 12.0. The summed E-state index contributed by atoms with van der Waals surface area (Å²) in [6.45, 7) is 9.44. The summed E-state index contributed by atoms with van der Waals surface area (Å²) in [5, 5.41) is 0. The van der Waals surface area contributed by atoms with Gasteiger partial charge in [-0.15, -0.1) is 0 Å². The van der Waals surface area contributed by atoms with Crippen LogP contribution in [0.15, 0.2) is 22.7 Å². The molecule has 0 unspecified atom stereocenters. The first kappa shape index (κ1) is 17.1. The Hall–Kier alpha value is -1.27. The van der Waals surface area contributed by atoms with Crippen molar-refractivity contribution in [1.29, 1.82) is 0 Å². The maximum absolute atomic E-state index is 12.0. The van der Waals surface area contributed by atoms with Crippen LogP contribution in [0.25, 0.3) is 0 Å². The molecule has 2 N–H and O–H groups in total.